The fraction of sp³-hybridized carbons (Fsp3) is 1.00. The van der Waals surface area contributed by atoms with Crippen molar-refractivity contribution in [2.24, 2.45) is 22.7 Å². The van der Waals surface area contributed by atoms with Crippen LogP contribution in [0.1, 0.15) is 33.1 Å². The molecule has 5 fully saturated rings. The van der Waals surface area contributed by atoms with Gasteiger partial charge in [0.25, 0.3) is 0 Å². The Hall–Kier alpha value is 0.360. The smallest absolute Gasteiger partial charge is 0.340 e. The fourth-order valence-electron chi connectivity index (χ4n) is 7.65. The Bertz CT molecular complexity index is 1120. The highest BCUT2D eigenvalue weighted by atomic mass is 31.2. The molecule has 0 aromatic carbocycles. The van der Waals surface area contributed by atoms with Gasteiger partial charge in [-0.3, -0.25) is 18.1 Å². The third-order valence-corrected chi connectivity index (χ3v) is 11.2. The average molecular weight is 632 g/mol. The third-order valence-electron chi connectivity index (χ3n) is 9.10. The summed E-state index contributed by atoms with van der Waals surface area (Å²) < 4.78 is 78.6. The molecule has 8 N–H and O–H groups in total. The van der Waals surface area contributed by atoms with E-state index in [-0.39, 0.29) is 11.3 Å². The van der Waals surface area contributed by atoms with Crippen molar-refractivity contribution in [2.45, 2.75) is 75.5 Å². The minimum Gasteiger partial charge on any atom is -0.340 e. The van der Waals surface area contributed by atoms with Crippen molar-refractivity contribution >= 4 is 31.3 Å². The number of hydrogen-bond acceptors (Lipinski definition) is 10. The molecule has 5 rings (SSSR count). The summed E-state index contributed by atoms with van der Waals surface area (Å²) in [6.45, 7) is 3.87. The summed E-state index contributed by atoms with van der Waals surface area (Å²) in [6.07, 6.45) is -10.8. The summed E-state index contributed by atoms with van der Waals surface area (Å²) in [5.41, 5.74) is -0.965. The highest BCUT2D eigenvalue weighted by molar-refractivity contribution is 7.47. The van der Waals surface area contributed by atoms with Crippen LogP contribution in [0.5, 0.6) is 0 Å². The van der Waals surface area contributed by atoms with Gasteiger partial charge in [0.2, 0.25) is 0 Å². The van der Waals surface area contributed by atoms with Gasteiger partial charge < -0.3 is 48.6 Å². The lowest BCUT2D eigenvalue weighted by Gasteiger charge is -2.76. The first-order chi connectivity index (χ1) is 17.0. The Kier molecular flexibility index (Phi) is 6.83. The Morgan fingerprint density at radius 2 is 1.03 bits per heavy atom. The SMILES string of the molecule is CC12C3C[C@H]1CC[C@]2(C)C31O[C@@H]2[C@H](O1)[C@H](OP(=O)(O)O)[C@@H](OP(=O)(O)O)[C@H](OP(=O)(O)O)[C@H]2OP(=O)(O)O. The number of rotatable bonds is 8. The molecule has 0 radical (unpaired) electrons. The second-order valence-electron chi connectivity index (χ2n) is 10.7. The number of phosphoric ester groups is 4. The van der Waals surface area contributed by atoms with E-state index in [1.807, 2.05) is 13.8 Å². The van der Waals surface area contributed by atoms with Gasteiger partial charge in [-0.05, 0) is 30.6 Å². The summed E-state index contributed by atoms with van der Waals surface area (Å²) >= 11 is 0. The van der Waals surface area contributed by atoms with Gasteiger partial charge in [-0.15, -0.1) is 0 Å². The third kappa shape index (κ3) is 4.51. The van der Waals surface area contributed by atoms with Crippen LogP contribution in [0.15, 0.2) is 0 Å². The molecule has 4 aliphatic carbocycles. The maximum Gasteiger partial charge on any atom is 0.470 e. The van der Waals surface area contributed by atoms with Crippen molar-refractivity contribution in [1.82, 2.24) is 0 Å². The van der Waals surface area contributed by atoms with Gasteiger partial charge in [0.1, 0.15) is 36.6 Å². The number of hydrogen-bond donors (Lipinski definition) is 8. The minimum atomic E-state index is -5.64. The van der Waals surface area contributed by atoms with E-state index in [9.17, 15) is 57.4 Å². The van der Waals surface area contributed by atoms with Gasteiger partial charge in [-0.25, -0.2) is 18.3 Å². The molecule has 22 heteroatoms. The second-order valence-corrected chi connectivity index (χ2v) is 15.5. The second kappa shape index (κ2) is 8.70. The maximum absolute atomic E-state index is 11.9. The van der Waals surface area contributed by atoms with Crippen molar-refractivity contribution < 1.29 is 85.0 Å². The van der Waals surface area contributed by atoms with Gasteiger partial charge in [0.15, 0.2) is 5.79 Å². The van der Waals surface area contributed by atoms with E-state index < -0.39 is 79.1 Å². The Morgan fingerprint density at radius 3 is 1.39 bits per heavy atom. The van der Waals surface area contributed by atoms with E-state index in [0.717, 1.165) is 6.42 Å². The lowest BCUT2D eigenvalue weighted by molar-refractivity contribution is -0.439. The van der Waals surface area contributed by atoms with Gasteiger partial charge in [-0.1, -0.05) is 13.8 Å². The number of fused-ring (bicyclic) bond motifs is 3. The molecule has 0 amide bonds. The molecule has 1 spiro atoms. The molecule has 4 saturated carbocycles. The van der Waals surface area contributed by atoms with E-state index in [1.54, 1.807) is 0 Å². The standard InChI is InChI=1S/C16H28O18P4/c1-14-4-3-6-5-7(15(6,14)2)16(14)29-8-9(30-16)11(32-36(20,21)22)13(34-38(26,27)28)12(33-37(23,24)25)10(8)31-35(17,18)19/h6-13H,3-5H2,1-2H3,(H2,17,18,19)(H2,20,21,22)(H2,23,24,25)(H2,26,27,28)/t6-,7?,8-,9+,10+,11+,12-,13-,14+,15?,16?/m1/s1. The maximum atomic E-state index is 11.9. The molecule has 0 aromatic heterocycles. The summed E-state index contributed by atoms with van der Waals surface area (Å²) in [4.78, 5) is 76.3. The van der Waals surface area contributed by atoms with Crippen molar-refractivity contribution in [2.75, 3.05) is 0 Å². The highest BCUT2D eigenvalue weighted by Crippen LogP contribution is 2.86. The van der Waals surface area contributed by atoms with Crippen LogP contribution in [0.3, 0.4) is 0 Å². The van der Waals surface area contributed by atoms with E-state index in [1.165, 1.54) is 0 Å². The van der Waals surface area contributed by atoms with Gasteiger partial charge in [0, 0.05) is 11.3 Å². The first-order valence-electron chi connectivity index (χ1n) is 11.3. The Balaban J connectivity index is 1.64. The summed E-state index contributed by atoms with van der Waals surface area (Å²) in [7, 11) is -22.3. The Morgan fingerprint density at radius 1 is 0.658 bits per heavy atom. The Labute approximate surface area is 214 Å². The first kappa shape index (κ1) is 29.8. The van der Waals surface area contributed by atoms with Crippen molar-refractivity contribution in [3.05, 3.63) is 0 Å². The zero-order chi connectivity index (χ0) is 28.5. The molecule has 0 aromatic rings. The van der Waals surface area contributed by atoms with Crippen molar-refractivity contribution in [3.63, 3.8) is 0 Å². The predicted octanol–water partition coefficient (Wildman–Crippen LogP) is -0.152. The fourth-order valence-corrected chi connectivity index (χ4v) is 9.88. The normalized spacial score (nSPS) is 48.4. The van der Waals surface area contributed by atoms with E-state index in [2.05, 4.69) is 9.05 Å². The average Bonchev–Trinajstić information content (AvgIpc) is 3.10. The van der Waals surface area contributed by atoms with Crippen LogP contribution >= 0.6 is 31.3 Å². The molecule has 11 atom stereocenters. The molecule has 1 saturated heterocycles. The lowest BCUT2D eigenvalue weighted by atomic mass is 9.32. The monoisotopic (exact) mass is 632 g/mol. The lowest BCUT2D eigenvalue weighted by Crippen LogP contribution is -2.80. The van der Waals surface area contributed by atoms with Crippen LogP contribution < -0.4 is 0 Å². The largest absolute Gasteiger partial charge is 0.470 e. The predicted molar refractivity (Wildman–Crippen MR) is 117 cm³/mol. The van der Waals surface area contributed by atoms with Crippen molar-refractivity contribution in [3.8, 4) is 0 Å². The van der Waals surface area contributed by atoms with E-state index >= 15 is 0 Å². The highest BCUT2D eigenvalue weighted by Gasteiger charge is 2.89. The molecule has 1 aliphatic heterocycles. The van der Waals surface area contributed by atoms with Gasteiger partial charge in [-0.2, -0.15) is 0 Å². The minimum absolute atomic E-state index is 0.261. The van der Waals surface area contributed by atoms with Crippen LogP contribution in [0.4, 0.5) is 0 Å². The van der Waals surface area contributed by atoms with Crippen LogP contribution in [-0.4, -0.2) is 81.6 Å². The quantitative estimate of drug-likeness (QED) is 0.161. The van der Waals surface area contributed by atoms with E-state index in [0.29, 0.717) is 18.8 Å². The molecular formula is C16H28O18P4. The number of phosphoric acid groups is 4. The topological polar surface area (TPSA) is 285 Å². The molecule has 1 heterocycles. The molecule has 5 aliphatic rings. The molecule has 38 heavy (non-hydrogen) atoms. The number of ether oxygens (including phenoxy) is 2. The molecule has 0 bridgehead atoms. The van der Waals surface area contributed by atoms with Crippen molar-refractivity contribution in [1.29, 1.82) is 0 Å². The molecular weight excluding hydrogens is 604 g/mol. The molecule has 220 valence electrons. The molecule has 18 nitrogen and oxygen atoms in total. The van der Waals surface area contributed by atoms with Crippen LogP contribution in [0.2, 0.25) is 0 Å². The molecule has 3 unspecified atom stereocenters. The van der Waals surface area contributed by atoms with Gasteiger partial charge >= 0.3 is 31.3 Å². The zero-order valence-electron chi connectivity index (χ0n) is 19.7. The zero-order valence-corrected chi connectivity index (χ0v) is 23.3. The summed E-state index contributed by atoms with van der Waals surface area (Å²) in [5.74, 6) is -1.45. The van der Waals surface area contributed by atoms with Crippen LogP contribution in [0, 0.1) is 22.7 Å². The first-order valence-corrected chi connectivity index (χ1v) is 17.4. The van der Waals surface area contributed by atoms with Gasteiger partial charge in [0.05, 0.1) is 0 Å². The summed E-state index contributed by atoms with van der Waals surface area (Å²) in [6, 6.07) is 0. The summed E-state index contributed by atoms with van der Waals surface area (Å²) in [5, 5.41) is 0. The van der Waals surface area contributed by atoms with Crippen LogP contribution in [0.25, 0.3) is 0 Å². The van der Waals surface area contributed by atoms with E-state index in [4.69, 9.17) is 18.5 Å². The van der Waals surface area contributed by atoms with Crippen LogP contribution in [-0.2, 0) is 45.8 Å².